The highest BCUT2D eigenvalue weighted by atomic mass is 32.1. The summed E-state index contributed by atoms with van der Waals surface area (Å²) in [5.41, 5.74) is 6.95. The van der Waals surface area contributed by atoms with Crippen molar-refractivity contribution in [1.29, 1.82) is 0 Å². The largest absolute Gasteiger partial charge is 0.319 e. The Balaban J connectivity index is 2.12. The lowest BCUT2D eigenvalue weighted by molar-refractivity contribution is 0.231. The molecule has 1 heterocycles. The average Bonchev–Trinajstić information content (AvgIpc) is 2.79. The van der Waals surface area contributed by atoms with E-state index in [1.54, 1.807) is 11.3 Å². The third kappa shape index (κ3) is 2.14. The van der Waals surface area contributed by atoms with Gasteiger partial charge in [-0.05, 0) is 37.5 Å². The van der Waals surface area contributed by atoms with Crippen molar-refractivity contribution in [3.63, 3.8) is 0 Å². The Bertz CT molecular complexity index is 394. The van der Waals surface area contributed by atoms with E-state index in [0.717, 1.165) is 29.5 Å². The molecule has 2 N–H and O–H groups in total. The number of nitrogens with two attached hydrogens (primary N) is 1. The second-order valence-corrected chi connectivity index (χ2v) is 5.55. The van der Waals surface area contributed by atoms with Crippen LogP contribution in [0, 0.1) is 18.3 Å². The summed E-state index contributed by atoms with van der Waals surface area (Å²) in [7, 11) is 0. The van der Waals surface area contributed by atoms with Gasteiger partial charge in [-0.15, -0.1) is 17.8 Å². The molecule has 0 radical (unpaired) electrons. The van der Waals surface area contributed by atoms with Gasteiger partial charge in [-0.2, -0.15) is 0 Å². The van der Waals surface area contributed by atoms with Crippen molar-refractivity contribution in [2.45, 2.75) is 44.6 Å². The molecule has 1 saturated carbocycles. The van der Waals surface area contributed by atoms with Crippen LogP contribution in [0.4, 0.5) is 0 Å². The van der Waals surface area contributed by atoms with Crippen LogP contribution in [0.1, 0.15) is 49.7 Å². The zero-order valence-electron chi connectivity index (χ0n) is 9.70. The Morgan fingerprint density at radius 3 is 2.81 bits per heavy atom. The van der Waals surface area contributed by atoms with Gasteiger partial charge >= 0.3 is 0 Å². The molecule has 1 aliphatic carbocycles. The third-order valence-electron chi connectivity index (χ3n) is 3.65. The molecular weight excluding hydrogens is 216 g/mol. The average molecular weight is 234 g/mol. The Morgan fingerprint density at radius 2 is 2.31 bits per heavy atom. The molecular formula is C13H18N2S. The van der Waals surface area contributed by atoms with Crippen molar-refractivity contribution in [3.05, 3.63) is 16.1 Å². The van der Waals surface area contributed by atoms with E-state index in [9.17, 15) is 0 Å². The molecule has 2 rings (SSSR count). The van der Waals surface area contributed by atoms with E-state index >= 15 is 0 Å². The Hall–Kier alpha value is -0.850. The number of thiazole rings is 1. The second-order valence-electron chi connectivity index (χ2n) is 4.69. The van der Waals surface area contributed by atoms with Crippen LogP contribution >= 0.6 is 11.3 Å². The molecule has 86 valence electrons. The first-order valence-electron chi connectivity index (χ1n) is 5.89. The van der Waals surface area contributed by atoms with Crippen LogP contribution in [-0.2, 0) is 5.54 Å². The highest BCUT2D eigenvalue weighted by Crippen LogP contribution is 2.39. The summed E-state index contributed by atoms with van der Waals surface area (Å²) < 4.78 is 0. The molecule has 0 bridgehead atoms. The summed E-state index contributed by atoms with van der Waals surface area (Å²) in [4.78, 5) is 4.43. The standard InChI is InChI=1S/C13H18N2S/c1-3-10-5-7-13(14,8-6-10)12-15-11(4-2)9-16-12/h2,9-10H,3,5-8,14H2,1H3. The zero-order valence-corrected chi connectivity index (χ0v) is 10.5. The van der Waals surface area contributed by atoms with Gasteiger partial charge in [-0.1, -0.05) is 13.3 Å². The maximum atomic E-state index is 6.44. The predicted molar refractivity (Wildman–Crippen MR) is 68.2 cm³/mol. The van der Waals surface area contributed by atoms with E-state index in [1.165, 1.54) is 19.3 Å². The minimum Gasteiger partial charge on any atom is -0.319 e. The summed E-state index contributed by atoms with van der Waals surface area (Å²) in [6, 6.07) is 0. The van der Waals surface area contributed by atoms with Gasteiger partial charge < -0.3 is 5.73 Å². The second kappa shape index (κ2) is 4.57. The summed E-state index contributed by atoms with van der Waals surface area (Å²) in [5, 5.41) is 2.95. The maximum Gasteiger partial charge on any atom is 0.124 e. The molecule has 1 fully saturated rings. The molecule has 1 aliphatic rings. The minimum atomic E-state index is -0.217. The van der Waals surface area contributed by atoms with E-state index in [1.807, 2.05) is 5.38 Å². The first kappa shape index (κ1) is 11.6. The number of hydrogen-bond donors (Lipinski definition) is 1. The molecule has 1 aromatic heterocycles. The molecule has 0 atom stereocenters. The number of rotatable bonds is 2. The Kier molecular flexibility index (Phi) is 3.32. The van der Waals surface area contributed by atoms with Crippen molar-refractivity contribution < 1.29 is 0 Å². The highest BCUT2D eigenvalue weighted by molar-refractivity contribution is 7.09. The summed E-state index contributed by atoms with van der Waals surface area (Å²) in [6.07, 6.45) is 11.1. The van der Waals surface area contributed by atoms with Crippen LogP contribution in [0.25, 0.3) is 0 Å². The molecule has 2 nitrogen and oxygen atoms in total. The van der Waals surface area contributed by atoms with Gasteiger partial charge in [-0.3, -0.25) is 0 Å². The topological polar surface area (TPSA) is 38.9 Å². The van der Waals surface area contributed by atoms with Crippen LogP contribution in [-0.4, -0.2) is 4.98 Å². The SMILES string of the molecule is C#Cc1csc(C2(N)CCC(CC)CC2)n1. The monoisotopic (exact) mass is 234 g/mol. The summed E-state index contributed by atoms with van der Waals surface area (Å²) >= 11 is 1.61. The van der Waals surface area contributed by atoms with E-state index in [0.29, 0.717) is 0 Å². The molecule has 0 spiro atoms. The fraction of sp³-hybridized carbons (Fsp3) is 0.615. The van der Waals surface area contributed by atoms with Gasteiger partial charge in [0.15, 0.2) is 0 Å². The van der Waals surface area contributed by atoms with Gasteiger partial charge in [0.1, 0.15) is 10.7 Å². The molecule has 16 heavy (non-hydrogen) atoms. The smallest absolute Gasteiger partial charge is 0.124 e. The van der Waals surface area contributed by atoms with Gasteiger partial charge in [0, 0.05) is 5.38 Å². The third-order valence-corrected chi connectivity index (χ3v) is 4.71. The van der Waals surface area contributed by atoms with Crippen LogP contribution < -0.4 is 5.73 Å². The number of terminal acetylenes is 1. The van der Waals surface area contributed by atoms with Gasteiger partial charge in [0.2, 0.25) is 0 Å². The summed E-state index contributed by atoms with van der Waals surface area (Å²) in [6.45, 7) is 2.26. The van der Waals surface area contributed by atoms with Crippen molar-refractivity contribution in [3.8, 4) is 12.3 Å². The number of nitrogens with zero attached hydrogens (tertiary/aromatic N) is 1. The van der Waals surface area contributed by atoms with Crippen molar-refractivity contribution in [2.24, 2.45) is 11.7 Å². The molecule has 0 unspecified atom stereocenters. The molecule has 0 saturated heterocycles. The van der Waals surface area contributed by atoms with Gasteiger partial charge in [0.05, 0.1) is 5.54 Å². The van der Waals surface area contributed by atoms with Crippen LogP contribution in [0.2, 0.25) is 0 Å². The van der Waals surface area contributed by atoms with Crippen LogP contribution in [0.3, 0.4) is 0 Å². The lowest BCUT2D eigenvalue weighted by Crippen LogP contribution is -2.40. The fourth-order valence-electron chi connectivity index (χ4n) is 2.38. The van der Waals surface area contributed by atoms with Gasteiger partial charge in [0.25, 0.3) is 0 Å². The lowest BCUT2D eigenvalue weighted by atomic mass is 9.76. The normalized spacial score (nSPS) is 29.9. The van der Waals surface area contributed by atoms with Crippen LogP contribution in [0.15, 0.2) is 5.38 Å². The highest BCUT2D eigenvalue weighted by Gasteiger charge is 2.35. The predicted octanol–water partition coefficient (Wildman–Crippen LogP) is 2.88. The first-order valence-corrected chi connectivity index (χ1v) is 6.77. The Morgan fingerprint density at radius 1 is 1.62 bits per heavy atom. The number of aromatic nitrogens is 1. The van der Waals surface area contributed by atoms with Crippen molar-refractivity contribution in [1.82, 2.24) is 4.98 Å². The van der Waals surface area contributed by atoms with E-state index in [-0.39, 0.29) is 5.54 Å². The zero-order chi connectivity index (χ0) is 11.6. The Labute approximate surface area is 101 Å². The maximum absolute atomic E-state index is 6.44. The molecule has 0 amide bonds. The molecule has 0 aliphatic heterocycles. The van der Waals surface area contributed by atoms with Gasteiger partial charge in [-0.25, -0.2) is 4.98 Å². The quantitative estimate of drug-likeness (QED) is 0.799. The van der Waals surface area contributed by atoms with E-state index in [4.69, 9.17) is 12.2 Å². The summed E-state index contributed by atoms with van der Waals surface area (Å²) in [5.74, 6) is 3.42. The molecule has 1 aromatic rings. The van der Waals surface area contributed by atoms with E-state index < -0.39 is 0 Å². The molecule has 3 heteroatoms. The van der Waals surface area contributed by atoms with Crippen molar-refractivity contribution >= 4 is 11.3 Å². The fourth-order valence-corrected chi connectivity index (χ4v) is 3.32. The molecule has 0 aromatic carbocycles. The first-order chi connectivity index (χ1) is 7.68. The number of hydrogen-bond acceptors (Lipinski definition) is 3. The minimum absolute atomic E-state index is 0.217. The lowest BCUT2D eigenvalue weighted by Gasteiger charge is -2.35. The van der Waals surface area contributed by atoms with Crippen LogP contribution in [0.5, 0.6) is 0 Å². The van der Waals surface area contributed by atoms with Crippen molar-refractivity contribution in [2.75, 3.05) is 0 Å². The van der Waals surface area contributed by atoms with E-state index in [2.05, 4.69) is 17.8 Å².